The van der Waals surface area contributed by atoms with Crippen molar-refractivity contribution in [1.82, 2.24) is 0 Å². The Kier molecular flexibility index (Phi) is 3.24. The predicted molar refractivity (Wildman–Crippen MR) is 69.2 cm³/mol. The van der Waals surface area contributed by atoms with Crippen molar-refractivity contribution in [2.45, 2.75) is 6.54 Å². The van der Waals surface area contributed by atoms with Crippen LogP contribution in [0.3, 0.4) is 0 Å². The van der Waals surface area contributed by atoms with Gasteiger partial charge in [-0.3, -0.25) is 10.1 Å². The van der Waals surface area contributed by atoms with E-state index in [0.29, 0.717) is 17.9 Å². The minimum Gasteiger partial charge on any atom is -0.398 e. The molecule has 2 aromatic rings. The quantitative estimate of drug-likeness (QED) is 0.496. The first-order chi connectivity index (χ1) is 8.15. The number of non-ortho nitro benzene ring substituents is 1. The second kappa shape index (κ2) is 4.84. The first-order valence-corrected chi connectivity index (χ1v) is 5.84. The van der Waals surface area contributed by atoms with E-state index in [2.05, 4.69) is 5.32 Å². The van der Waals surface area contributed by atoms with E-state index in [1.54, 1.807) is 17.4 Å². The van der Waals surface area contributed by atoms with Crippen LogP contribution in [-0.4, -0.2) is 4.92 Å². The molecule has 2 rings (SSSR count). The summed E-state index contributed by atoms with van der Waals surface area (Å²) in [4.78, 5) is 11.4. The molecular formula is C11H11N3O2S. The molecule has 0 aliphatic carbocycles. The molecular weight excluding hydrogens is 238 g/mol. The van der Waals surface area contributed by atoms with E-state index in [1.807, 2.05) is 17.5 Å². The van der Waals surface area contributed by atoms with Crippen LogP contribution in [0.2, 0.25) is 0 Å². The van der Waals surface area contributed by atoms with Crippen LogP contribution in [0, 0.1) is 10.1 Å². The third-order valence-electron chi connectivity index (χ3n) is 2.20. The summed E-state index contributed by atoms with van der Waals surface area (Å²) in [5.41, 5.74) is 6.64. The Morgan fingerprint density at radius 1 is 1.41 bits per heavy atom. The van der Waals surface area contributed by atoms with Gasteiger partial charge in [0.15, 0.2) is 0 Å². The van der Waals surface area contributed by atoms with Crippen LogP contribution in [0.15, 0.2) is 35.7 Å². The lowest BCUT2D eigenvalue weighted by Gasteiger charge is -2.05. The van der Waals surface area contributed by atoms with E-state index in [-0.39, 0.29) is 5.69 Å². The van der Waals surface area contributed by atoms with Crippen molar-refractivity contribution in [3.63, 3.8) is 0 Å². The van der Waals surface area contributed by atoms with Gasteiger partial charge >= 0.3 is 0 Å². The number of benzene rings is 1. The molecule has 0 unspecified atom stereocenters. The SMILES string of the molecule is Nc1cc(NCc2cccs2)cc([N+](=O)[O-])c1. The fourth-order valence-corrected chi connectivity index (χ4v) is 2.09. The van der Waals surface area contributed by atoms with E-state index in [1.165, 1.54) is 12.1 Å². The largest absolute Gasteiger partial charge is 0.398 e. The number of nitrogens with one attached hydrogen (secondary N) is 1. The molecule has 1 aromatic carbocycles. The van der Waals surface area contributed by atoms with Crippen LogP contribution >= 0.6 is 11.3 Å². The van der Waals surface area contributed by atoms with Crippen molar-refractivity contribution < 1.29 is 4.92 Å². The molecule has 6 heteroatoms. The van der Waals surface area contributed by atoms with Crippen molar-refractivity contribution >= 4 is 28.4 Å². The van der Waals surface area contributed by atoms with Crippen LogP contribution < -0.4 is 11.1 Å². The van der Waals surface area contributed by atoms with E-state index in [9.17, 15) is 10.1 Å². The van der Waals surface area contributed by atoms with E-state index >= 15 is 0 Å². The normalized spacial score (nSPS) is 10.1. The summed E-state index contributed by atoms with van der Waals surface area (Å²) in [6, 6.07) is 8.46. The molecule has 88 valence electrons. The summed E-state index contributed by atoms with van der Waals surface area (Å²) >= 11 is 1.63. The van der Waals surface area contributed by atoms with Crippen molar-refractivity contribution in [3.8, 4) is 0 Å². The number of anilines is 2. The molecule has 0 fully saturated rings. The van der Waals surface area contributed by atoms with E-state index in [0.717, 1.165) is 4.88 Å². The summed E-state index contributed by atoms with van der Waals surface area (Å²) in [5, 5.41) is 15.8. The topological polar surface area (TPSA) is 81.2 Å². The average Bonchev–Trinajstić information content (AvgIpc) is 2.78. The average molecular weight is 249 g/mol. The molecule has 0 saturated heterocycles. The molecule has 0 radical (unpaired) electrons. The van der Waals surface area contributed by atoms with Gasteiger partial charge in [0.25, 0.3) is 5.69 Å². The maximum Gasteiger partial charge on any atom is 0.273 e. The van der Waals surface area contributed by atoms with E-state index in [4.69, 9.17) is 5.73 Å². The summed E-state index contributed by atoms with van der Waals surface area (Å²) in [5.74, 6) is 0. The number of nitrogens with two attached hydrogens (primary N) is 1. The minimum absolute atomic E-state index is 0.00122. The molecule has 0 atom stereocenters. The van der Waals surface area contributed by atoms with Gasteiger partial charge in [0.2, 0.25) is 0 Å². The first kappa shape index (κ1) is 11.4. The zero-order valence-corrected chi connectivity index (χ0v) is 9.74. The number of thiophene rings is 1. The Balaban J connectivity index is 2.13. The monoisotopic (exact) mass is 249 g/mol. The number of hydrogen-bond acceptors (Lipinski definition) is 5. The second-order valence-corrected chi connectivity index (χ2v) is 4.54. The molecule has 3 N–H and O–H groups in total. The number of nitrogens with zero attached hydrogens (tertiary/aromatic N) is 1. The highest BCUT2D eigenvalue weighted by atomic mass is 32.1. The maximum absolute atomic E-state index is 10.7. The summed E-state index contributed by atoms with van der Waals surface area (Å²) in [7, 11) is 0. The van der Waals surface area contributed by atoms with Crippen molar-refractivity contribution in [2.24, 2.45) is 0 Å². The van der Waals surface area contributed by atoms with Crippen LogP contribution in [0.25, 0.3) is 0 Å². The second-order valence-electron chi connectivity index (χ2n) is 3.50. The van der Waals surface area contributed by atoms with Gasteiger partial charge in [-0.25, -0.2) is 0 Å². The fourth-order valence-electron chi connectivity index (χ4n) is 1.44. The Bertz CT molecular complexity index is 526. The zero-order valence-electron chi connectivity index (χ0n) is 8.92. The lowest BCUT2D eigenvalue weighted by molar-refractivity contribution is -0.384. The molecule has 0 amide bonds. The van der Waals surface area contributed by atoms with Gasteiger partial charge in [-0.2, -0.15) is 0 Å². The van der Waals surface area contributed by atoms with Crippen LogP contribution in [0.1, 0.15) is 4.88 Å². The van der Waals surface area contributed by atoms with Crippen LogP contribution in [0.5, 0.6) is 0 Å². The maximum atomic E-state index is 10.7. The minimum atomic E-state index is -0.452. The molecule has 0 bridgehead atoms. The summed E-state index contributed by atoms with van der Waals surface area (Å²) in [6.07, 6.45) is 0. The number of rotatable bonds is 4. The molecule has 1 heterocycles. The van der Waals surface area contributed by atoms with Gasteiger partial charge in [-0.05, 0) is 17.5 Å². The van der Waals surface area contributed by atoms with Gasteiger partial charge in [0, 0.05) is 34.9 Å². The molecule has 1 aromatic heterocycles. The Hall–Kier alpha value is -2.08. The van der Waals surface area contributed by atoms with Crippen LogP contribution in [-0.2, 0) is 6.54 Å². The van der Waals surface area contributed by atoms with Gasteiger partial charge in [0.05, 0.1) is 4.92 Å². The van der Waals surface area contributed by atoms with E-state index < -0.39 is 4.92 Å². The van der Waals surface area contributed by atoms with Gasteiger partial charge in [-0.15, -0.1) is 11.3 Å². The highest BCUT2D eigenvalue weighted by Gasteiger charge is 2.08. The number of hydrogen-bond donors (Lipinski definition) is 2. The van der Waals surface area contributed by atoms with Crippen molar-refractivity contribution in [2.75, 3.05) is 11.1 Å². The molecule has 0 aliphatic heterocycles. The molecule has 17 heavy (non-hydrogen) atoms. The smallest absolute Gasteiger partial charge is 0.273 e. The number of nitro benzene ring substituents is 1. The van der Waals surface area contributed by atoms with Crippen LogP contribution in [0.4, 0.5) is 17.1 Å². The lowest BCUT2D eigenvalue weighted by atomic mass is 10.2. The molecule has 0 spiro atoms. The van der Waals surface area contributed by atoms with Crippen molar-refractivity contribution in [3.05, 3.63) is 50.7 Å². The third kappa shape index (κ3) is 2.94. The van der Waals surface area contributed by atoms with Gasteiger partial charge in [0.1, 0.15) is 0 Å². The van der Waals surface area contributed by atoms with Gasteiger partial charge < -0.3 is 11.1 Å². The van der Waals surface area contributed by atoms with Crippen molar-refractivity contribution in [1.29, 1.82) is 0 Å². The third-order valence-corrected chi connectivity index (χ3v) is 3.07. The Morgan fingerprint density at radius 3 is 2.88 bits per heavy atom. The summed E-state index contributed by atoms with van der Waals surface area (Å²) in [6.45, 7) is 0.637. The highest BCUT2D eigenvalue weighted by molar-refractivity contribution is 7.09. The molecule has 5 nitrogen and oxygen atoms in total. The number of nitrogen functional groups attached to an aromatic ring is 1. The first-order valence-electron chi connectivity index (χ1n) is 4.96. The molecule has 0 aliphatic rings. The Morgan fingerprint density at radius 2 is 2.24 bits per heavy atom. The molecule has 0 saturated carbocycles. The standard InChI is InChI=1S/C11H11N3O2S/c12-8-4-9(6-10(5-8)14(15)16)13-7-11-2-1-3-17-11/h1-6,13H,7,12H2. The summed E-state index contributed by atoms with van der Waals surface area (Å²) < 4.78 is 0. The predicted octanol–water partition coefficient (Wildman–Crippen LogP) is 2.85. The Labute approximate surface area is 102 Å². The van der Waals surface area contributed by atoms with Gasteiger partial charge in [-0.1, -0.05) is 6.07 Å². The lowest BCUT2D eigenvalue weighted by Crippen LogP contribution is -2.00. The zero-order chi connectivity index (χ0) is 12.3. The number of nitro groups is 1. The highest BCUT2D eigenvalue weighted by Crippen LogP contribution is 2.23. The fraction of sp³-hybridized carbons (Fsp3) is 0.0909.